The zero-order valence-electron chi connectivity index (χ0n) is 15.3. The van der Waals surface area contributed by atoms with E-state index in [0.29, 0.717) is 0 Å². The van der Waals surface area contributed by atoms with Gasteiger partial charge in [0.25, 0.3) is 0 Å². The van der Waals surface area contributed by atoms with Crippen molar-refractivity contribution in [3.05, 3.63) is 36.5 Å². The number of hydrogen-bond donors (Lipinski definition) is 1. The summed E-state index contributed by atoms with van der Waals surface area (Å²) in [7, 11) is 2.04. The van der Waals surface area contributed by atoms with Crippen LogP contribution in [-0.2, 0) is 0 Å². The van der Waals surface area contributed by atoms with Crippen LogP contribution in [0.2, 0.25) is 0 Å². The molecule has 0 aliphatic heterocycles. The second kappa shape index (κ2) is 9.11. The molecule has 0 fully saturated rings. The summed E-state index contributed by atoms with van der Waals surface area (Å²) < 4.78 is 0. The van der Waals surface area contributed by atoms with Crippen LogP contribution in [0.1, 0.15) is 33.6 Å². The van der Waals surface area contributed by atoms with Gasteiger partial charge < -0.3 is 15.1 Å². The van der Waals surface area contributed by atoms with Crippen molar-refractivity contribution in [1.29, 1.82) is 0 Å². The maximum atomic E-state index is 4.60. The Morgan fingerprint density at radius 3 is 2.33 bits per heavy atom. The van der Waals surface area contributed by atoms with Crippen LogP contribution in [0.15, 0.2) is 36.5 Å². The average Bonchev–Trinajstić information content (AvgIpc) is 2.62. The van der Waals surface area contributed by atoms with Crippen molar-refractivity contribution in [2.75, 3.05) is 41.8 Å². The molecule has 0 atom stereocenters. The first-order valence-corrected chi connectivity index (χ1v) is 8.84. The molecule has 2 aromatic rings. The van der Waals surface area contributed by atoms with Crippen LogP contribution in [0.4, 0.5) is 23.1 Å². The van der Waals surface area contributed by atoms with Gasteiger partial charge in [0.15, 0.2) is 0 Å². The van der Waals surface area contributed by atoms with Crippen molar-refractivity contribution < 1.29 is 0 Å². The molecule has 0 saturated carbocycles. The number of hydrogen-bond acceptors (Lipinski definition) is 5. The summed E-state index contributed by atoms with van der Waals surface area (Å²) in [6.45, 7) is 9.54. The molecule has 0 spiro atoms. The molecule has 0 aliphatic rings. The quantitative estimate of drug-likeness (QED) is 0.744. The summed E-state index contributed by atoms with van der Waals surface area (Å²) in [5.74, 6) is 1.58. The number of unbranched alkanes of at least 4 members (excludes halogenated alkanes) is 1. The molecular formula is C19H29N5. The maximum Gasteiger partial charge on any atom is 0.227 e. The largest absolute Gasteiger partial charge is 0.372 e. The maximum absolute atomic E-state index is 4.60. The molecule has 1 aromatic carbocycles. The van der Waals surface area contributed by atoms with Gasteiger partial charge in [-0.1, -0.05) is 13.3 Å². The van der Waals surface area contributed by atoms with Crippen LogP contribution >= 0.6 is 0 Å². The Labute approximate surface area is 145 Å². The molecule has 5 nitrogen and oxygen atoms in total. The first-order chi connectivity index (χ1) is 11.7. The van der Waals surface area contributed by atoms with Gasteiger partial charge in [-0.05, 0) is 50.6 Å². The summed E-state index contributed by atoms with van der Waals surface area (Å²) in [6, 6.07) is 10.4. The van der Waals surface area contributed by atoms with Gasteiger partial charge >= 0.3 is 0 Å². The monoisotopic (exact) mass is 327 g/mol. The fourth-order valence-corrected chi connectivity index (χ4v) is 2.59. The lowest BCUT2D eigenvalue weighted by molar-refractivity contribution is 0.750. The van der Waals surface area contributed by atoms with Crippen LogP contribution in [0.5, 0.6) is 0 Å². The Bertz CT molecular complexity index is 607. The van der Waals surface area contributed by atoms with Gasteiger partial charge in [-0.3, -0.25) is 0 Å². The molecule has 2 rings (SSSR count). The Morgan fingerprint density at radius 2 is 1.71 bits per heavy atom. The highest BCUT2D eigenvalue weighted by Crippen LogP contribution is 2.21. The molecule has 24 heavy (non-hydrogen) atoms. The van der Waals surface area contributed by atoms with Gasteiger partial charge in [0.1, 0.15) is 5.82 Å². The predicted molar refractivity (Wildman–Crippen MR) is 103 cm³/mol. The van der Waals surface area contributed by atoms with E-state index in [1.54, 1.807) is 6.20 Å². The molecule has 0 amide bonds. The molecular weight excluding hydrogens is 298 g/mol. The molecule has 1 heterocycles. The van der Waals surface area contributed by atoms with E-state index < -0.39 is 0 Å². The molecule has 0 unspecified atom stereocenters. The number of nitrogens with one attached hydrogen (secondary N) is 1. The standard InChI is InChI=1S/C19H29N5/c1-5-8-15-23(4)19-20-14-13-18(22-19)21-16-9-11-17(12-10-16)24(6-2)7-3/h9-14H,5-8,15H2,1-4H3,(H,20,21,22). The summed E-state index contributed by atoms with van der Waals surface area (Å²) in [5.41, 5.74) is 2.28. The van der Waals surface area contributed by atoms with E-state index in [1.807, 2.05) is 13.1 Å². The first-order valence-electron chi connectivity index (χ1n) is 8.84. The lowest BCUT2D eigenvalue weighted by Crippen LogP contribution is -2.21. The number of aromatic nitrogens is 2. The highest BCUT2D eigenvalue weighted by atomic mass is 15.2. The van der Waals surface area contributed by atoms with Gasteiger partial charge in [-0.25, -0.2) is 4.98 Å². The molecule has 0 aliphatic carbocycles. The van der Waals surface area contributed by atoms with E-state index in [9.17, 15) is 0 Å². The Kier molecular flexibility index (Phi) is 6.85. The zero-order valence-corrected chi connectivity index (χ0v) is 15.3. The molecule has 0 radical (unpaired) electrons. The van der Waals surface area contributed by atoms with Crippen molar-refractivity contribution in [2.45, 2.75) is 33.6 Å². The second-order valence-electron chi connectivity index (χ2n) is 5.86. The van der Waals surface area contributed by atoms with Gasteiger partial charge in [0.2, 0.25) is 5.95 Å². The Morgan fingerprint density at radius 1 is 1.00 bits per heavy atom. The normalized spacial score (nSPS) is 10.5. The van der Waals surface area contributed by atoms with Crippen molar-refractivity contribution >= 4 is 23.1 Å². The Balaban J connectivity index is 2.05. The summed E-state index contributed by atoms with van der Waals surface area (Å²) >= 11 is 0. The fraction of sp³-hybridized carbons (Fsp3) is 0.474. The smallest absolute Gasteiger partial charge is 0.227 e. The lowest BCUT2D eigenvalue weighted by Gasteiger charge is -2.21. The third-order valence-electron chi connectivity index (χ3n) is 4.10. The highest BCUT2D eigenvalue weighted by Gasteiger charge is 2.06. The van der Waals surface area contributed by atoms with Crippen LogP contribution in [0, 0.1) is 0 Å². The van der Waals surface area contributed by atoms with Crippen molar-refractivity contribution in [3.63, 3.8) is 0 Å². The minimum absolute atomic E-state index is 0.758. The van der Waals surface area contributed by atoms with Crippen LogP contribution in [-0.4, -0.2) is 36.6 Å². The molecule has 5 heteroatoms. The molecule has 130 valence electrons. The van der Waals surface area contributed by atoms with Gasteiger partial charge in [-0.15, -0.1) is 0 Å². The third-order valence-corrected chi connectivity index (χ3v) is 4.10. The van der Waals surface area contributed by atoms with Gasteiger partial charge in [0.05, 0.1) is 0 Å². The van der Waals surface area contributed by atoms with E-state index in [2.05, 4.69) is 70.1 Å². The predicted octanol–water partition coefficient (Wildman–Crippen LogP) is 4.30. The summed E-state index contributed by atoms with van der Waals surface area (Å²) in [6.07, 6.45) is 4.11. The summed E-state index contributed by atoms with van der Waals surface area (Å²) in [4.78, 5) is 13.4. The van der Waals surface area contributed by atoms with Crippen molar-refractivity contribution in [1.82, 2.24) is 9.97 Å². The number of rotatable bonds is 9. The van der Waals surface area contributed by atoms with E-state index in [1.165, 1.54) is 12.1 Å². The van der Waals surface area contributed by atoms with E-state index >= 15 is 0 Å². The minimum Gasteiger partial charge on any atom is -0.372 e. The van der Waals surface area contributed by atoms with Gasteiger partial charge in [-0.2, -0.15) is 4.98 Å². The number of benzene rings is 1. The number of anilines is 4. The van der Waals surface area contributed by atoms with Crippen LogP contribution in [0.25, 0.3) is 0 Å². The lowest BCUT2D eigenvalue weighted by atomic mass is 10.2. The summed E-state index contributed by atoms with van der Waals surface area (Å²) in [5, 5.41) is 3.36. The number of nitrogens with zero attached hydrogens (tertiary/aromatic N) is 4. The van der Waals surface area contributed by atoms with Crippen LogP contribution < -0.4 is 15.1 Å². The van der Waals surface area contributed by atoms with E-state index in [-0.39, 0.29) is 0 Å². The SMILES string of the molecule is CCCCN(C)c1nccc(Nc2ccc(N(CC)CC)cc2)n1. The van der Waals surface area contributed by atoms with Crippen molar-refractivity contribution in [2.24, 2.45) is 0 Å². The molecule has 1 aromatic heterocycles. The van der Waals surface area contributed by atoms with Crippen molar-refractivity contribution in [3.8, 4) is 0 Å². The fourth-order valence-electron chi connectivity index (χ4n) is 2.59. The molecule has 0 saturated heterocycles. The first kappa shape index (κ1) is 18.0. The minimum atomic E-state index is 0.758. The van der Waals surface area contributed by atoms with E-state index in [0.717, 1.165) is 43.5 Å². The molecule has 0 bridgehead atoms. The van der Waals surface area contributed by atoms with Gasteiger partial charge in [0, 0.05) is 44.3 Å². The highest BCUT2D eigenvalue weighted by molar-refractivity contribution is 5.61. The molecule has 1 N–H and O–H groups in total. The topological polar surface area (TPSA) is 44.3 Å². The Hall–Kier alpha value is -2.30. The van der Waals surface area contributed by atoms with Crippen LogP contribution in [0.3, 0.4) is 0 Å². The second-order valence-corrected chi connectivity index (χ2v) is 5.86. The van der Waals surface area contributed by atoms with E-state index in [4.69, 9.17) is 0 Å². The third kappa shape index (κ3) is 4.85. The average molecular weight is 327 g/mol. The zero-order chi connectivity index (χ0) is 17.4.